The van der Waals surface area contributed by atoms with E-state index in [4.69, 9.17) is 0 Å². The van der Waals surface area contributed by atoms with E-state index in [1.54, 1.807) is 0 Å². The molecule has 2 aromatic carbocycles. The summed E-state index contributed by atoms with van der Waals surface area (Å²) in [7, 11) is -4.03. The Kier molecular flexibility index (Phi) is 41.1. The zero-order chi connectivity index (χ0) is 55.0. The normalized spacial score (nSPS) is 13.7. The van der Waals surface area contributed by atoms with Crippen LogP contribution in [0.5, 0.6) is 0 Å². The van der Waals surface area contributed by atoms with Gasteiger partial charge in [-0.15, -0.1) is 0 Å². The first-order valence-electron chi connectivity index (χ1n) is 34.8. The van der Waals surface area contributed by atoms with Crippen molar-refractivity contribution >= 4 is 24.8 Å². The van der Waals surface area contributed by atoms with Gasteiger partial charge in [0.15, 0.2) is 0 Å². The Morgan fingerprint density at radius 1 is 0.224 bits per heavy atom. The van der Waals surface area contributed by atoms with E-state index in [-0.39, 0.29) is 0 Å². The van der Waals surface area contributed by atoms with Crippen LogP contribution in [0.3, 0.4) is 0 Å². The van der Waals surface area contributed by atoms with Gasteiger partial charge in [0.2, 0.25) is 0 Å². The van der Waals surface area contributed by atoms with Crippen molar-refractivity contribution in [1.82, 2.24) is 0 Å². The fourth-order valence-corrected chi connectivity index (χ4v) is 39.5. The maximum atomic E-state index is 15.7. The third-order valence-corrected chi connectivity index (χ3v) is 43.9. The molecule has 2 nitrogen and oxygen atoms in total. The van der Waals surface area contributed by atoms with Crippen LogP contribution < -0.4 is 10.6 Å². The molecule has 0 aliphatic heterocycles. The average Bonchev–Trinajstić information content (AvgIpc) is 3.56. The Bertz CT molecular complexity index is 1370. The first-order valence-corrected chi connectivity index (χ1v) is 40.9. The Labute approximate surface area is 477 Å². The molecule has 0 radical (unpaired) electrons. The van der Waals surface area contributed by atoms with Gasteiger partial charge in [-0.2, -0.15) is 0 Å². The van der Waals surface area contributed by atoms with Crippen LogP contribution in [-0.2, 0) is 0 Å². The Hall–Kier alpha value is -0.860. The van der Waals surface area contributed by atoms with Crippen molar-refractivity contribution in [1.29, 1.82) is 0 Å². The second-order valence-corrected chi connectivity index (χ2v) is 42.0. The molecule has 0 aliphatic rings. The minimum absolute atomic E-state index is 0.909. The molecule has 0 heterocycles. The zero-order valence-corrected chi connectivity index (χ0v) is 54.1. The monoisotopic (exact) mass is 1100 g/mol. The van der Waals surface area contributed by atoms with E-state index in [1.165, 1.54) is 289 Å². The van der Waals surface area contributed by atoms with E-state index >= 15 is 9.79 Å². The van der Waals surface area contributed by atoms with Crippen molar-refractivity contribution in [2.75, 3.05) is 28.8 Å². The predicted molar refractivity (Wildman–Crippen MR) is 355 cm³/mol. The molecule has 0 saturated heterocycles. The standard InChI is InChI=1S/C72H137O2PS/c1-6-11-16-21-26-31-36-41-46-57-66-76(67-58-47-42-37-32-27-22-17-12-7-2,68-59-48-43-38-33-28-23-18-13-8-3,69-60-49-44-39-34-29-24-19-14-9-4,70-61-50-45-40-35-30-25-20-15-10-5)75(73,74,71-62-53-51-54-63-71)72-64-55-52-56-65-72/h51-56,62-65,73-74H,6-50,57-61,66-70H2,1-5H3. The second kappa shape index (κ2) is 43.8. The quantitative estimate of drug-likeness (QED) is 0.0512. The van der Waals surface area contributed by atoms with Gasteiger partial charge in [-0.05, 0) is 0 Å². The van der Waals surface area contributed by atoms with E-state index in [9.17, 15) is 0 Å². The van der Waals surface area contributed by atoms with Gasteiger partial charge in [0.1, 0.15) is 0 Å². The molecule has 2 rings (SSSR count). The van der Waals surface area contributed by atoms with Crippen LogP contribution >= 0.6 is 14.2 Å². The molecule has 2 N–H and O–H groups in total. The fraction of sp³-hybridized carbons (Fsp3) is 0.833. The van der Waals surface area contributed by atoms with Crippen LogP contribution in [0.2, 0.25) is 0 Å². The number of unbranched alkanes of at least 4 members (excludes halogenated alkanes) is 45. The third kappa shape index (κ3) is 23.9. The number of benzene rings is 2. The van der Waals surface area contributed by atoms with E-state index in [1.807, 2.05) is 0 Å². The van der Waals surface area contributed by atoms with Gasteiger partial charge < -0.3 is 0 Å². The number of rotatable bonds is 58. The van der Waals surface area contributed by atoms with Gasteiger partial charge in [-0.25, -0.2) is 0 Å². The van der Waals surface area contributed by atoms with Gasteiger partial charge in [0.05, 0.1) is 0 Å². The third-order valence-electron chi connectivity index (χ3n) is 19.5. The van der Waals surface area contributed by atoms with Crippen molar-refractivity contribution in [3.63, 3.8) is 0 Å². The average molecular weight is 1100 g/mol. The molecule has 0 aromatic heterocycles. The summed E-state index contributed by atoms with van der Waals surface area (Å²) < 4.78 is 0. The molecule has 0 saturated carbocycles. The van der Waals surface area contributed by atoms with Crippen molar-refractivity contribution in [2.24, 2.45) is 0 Å². The van der Waals surface area contributed by atoms with E-state index in [2.05, 4.69) is 95.3 Å². The Morgan fingerprint density at radius 2 is 0.368 bits per heavy atom. The van der Waals surface area contributed by atoms with Crippen LogP contribution in [-0.4, -0.2) is 38.6 Å². The van der Waals surface area contributed by atoms with Crippen molar-refractivity contribution in [3.8, 4) is 0 Å². The summed E-state index contributed by atoms with van der Waals surface area (Å²) in [5.74, 6) is 5.32. The minimum atomic E-state index is -4.99. The molecule has 2 aromatic rings. The molecule has 0 unspecified atom stereocenters. The van der Waals surface area contributed by atoms with Gasteiger partial charge >= 0.3 is 445 Å². The van der Waals surface area contributed by atoms with Crippen LogP contribution in [0.25, 0.3) is 0 Å². The maximum absolute atomic E-state index is 15.7. The molecule has 0 amide bonds. The second-order valence-electron chi connectivity index (χ2n) is 25.7. The van der Waals surface area contributed by atoms with Crippen LogP contribution in [0.1, 0.15) is 356 Å². The molecule has 76 heavy (non-hydrogen) atoms. The first kappa shape index (κ1) is 71.2. The molecule has 4 heteroatoms. The molecular formula is C72H137O2PS. The van der Waals surface area contributed by atoms with Crippen LogP contribution in [0.15, 0.2) is 60.7 Å². The molecule has 0 bridgehead atoms. The van der Waals surface area contributed by atoms with Crippen molar-refractivity contribution < 1.29 is 9.79 Å². The fourth-order valence-electron chi connectivity index (χ4n) is 14.5. The Balaban J connectivity index is 2.90. The van der Waals surface area contributed by atoms with E-state index in [0.29, 0.717) is 0 Å². The van der Waals surface area contributed by atoms with Crippen LogP contribution in [0.4, 0.5) is 0 Å². The molecule has 0 atom stereocenters. The van der Waals surface area contributed by atoms with E-state index in [0.717, 1.165) is 71.5 Å². The Morgan fingerprint density at radius 3 is 0.526 bits per heavy atom. The summed E-state index contributed by atoms with van der Waals surface area (Å²) in [4.78, 5) is 31.4. The van der Waals surface area contributed by atoms with Gasteiger partial charge in [0.25, 0.3) is 0 Å². The number of hydrogen-bond acceptors (Lipinski definition) is 2. The predicted octanol–water partition coefficient (Wildman–Crippen LogP) is 24.4. The summed E-state index contributed by atoms with van der Waals surface area (Å²) in [6.07, 6.45) is 61.0. The zero-order valence-electron chi connectivity index (χ0n) is 52.4. The molecule has 0 aliphatic carbocycles. The molecule has 0 spiro atoms. The summed E-state index contributed by atoms with van der Waals surface area (Å²) in [6.45, 7) is 11.7. The summed E-state index contributed by atoms with van der Waals surface area (Å²) in [5, 5.41) is 1.82. The summed E-state index contributed by atoms with van der Waals surface area (Å²) in [6, 6.07) is 21.9. The van der Waals surface area contributed by atoms with Gasteiger partial charge in [-0.1, -0.05) is 34.6 Å². The first-order chi connectivity index (χ1) is 37.2. The topological polar surface area (TPSA) is 40.5 Å². The van der Waals surface area contributed by atoms with Gasteiger partial charge in [-0.3, -0.25) is 0 Å². The molecular weight excluding hydrogens is 960 g/mol. The molecule has 0 fully saturated rings. The van der Waals surface area contributed by atoms with E-state index < -0.39 is 14.2 Å². The number of hydrogen-bond donors (Lipinski definition) is 2. The van der Waals surface area contributed by atoms with Crippen molar-refractivity contribution in [2.45, 2.75) is 356 Å². The summed E-state index contributed by atoms with van der Waals surface area (Å²) >= 11 is 0. The van der Waals surface area contributed by atoms with Crippen LogP contribution in [0, 0.1) is 0 Å². The summed E-state index contributed by atoms with van der Waals surface area (Å²) in [5.41, 5.74) is 0. The SMILES string of the molecule is CCCCCCCCCCCCS(CCCCCCCCCCCC)(CCCCCCCCCCCC)(CCCCCCCCCCCC)(CCCCCCCCCCCC)P(O)(O)(c1ccccc1)c1ccccc1. The van der Waals surface area contributed by atoms with Gasteiger partial charge in [0, 0.05) is 0 Å². The van der Waals surface area contributed by atoms with Crippen molar-refractivity contribution in [3.05, 3.63) is 60.7 Å². The molecule has 448 valence electrons.